The highest BCUT2D eigenvalue weighted by Crippen LogP contribution is 2.24. The highest BCUT2D eigenvalue weighted by molar-refractivity contribution is 7.85. The second-order valence-electron chi connectivity index (χ2n) is 4.62. The molecule has 0 aliphatic carbocycles. The van der Waals surface area contributed by atoms with Gasteiger partial charge in [0, 0.05) is 6.54 Å². The molecule has 1 unspecified atom stereocenters. The van der Waals surface area contributed by atoms with Crippen LogP contribution in [0, 0.1) is 0 Å². The fourth-order valence-electron chi connectivity index (χ4n) is 1.73. The zero-order valence-electron chi connectivity index (χ0n) is 11.3. The molecular weight excluding hydrogens is 329 g/mol. The van der Waals surface area contributed by atoms with Crippen molar-refractivity contribution < 1.29 is 46.9 Å². The van der Waals surface area contributed by atoms with Crippen molar-refractivity contribution in [2.45, 2.75) is 37.2 Å². The van der Waals surface area contributed by atoms with Crippen LogP contribution in [0.25, 0.3) is 0 Å². The van der Waals surface area contributed by atoms with Gasteiger partial charge in [-0.25, -0.2) is 9.18 Å². The predicted molar refractivity (Wildman–Crippen MR) is 68.2 cm³/mol. The number of amides is 1. The molecule has 10 nitrogen and oxygen atoms in total. The summed E-state index contributed by atoms with van der Waals surface area (Å²) >= 11 is 0. The Morgan fingerprint density at radius 3 is 2.50 bits per heavy atom. The number of carbonyl (C=O) groups is 1. The molecule has 5 atom stereocenters. The Morgan fingerprint density at radius 2 is 1.95 bits per heavy atom. The fourth-order valence-corrected chi connectivity index (χ4v) is 2.24. The van der Waals surface area contributed by atoms with Crippen LogP contribution in [-0.2, 0) is 19.6 Å². The number of nitrogens with one attached hydrogen (secondary N) is 1. The maximum Gasteiger partial charge on any atom is 0.409 e. The van der Waals surface area contributed by atoms with E-state index in [0.717, 1.165) is 0 Å². The van der Waals surface area contributed by atoms with Crippen molar-refractivity contribution in [1.82, 2.24) is 5.32 Å². The Balaban J connectivity index is 2.42. The quantitative estimate of drug-likeness (QED) is 0.264. The van der Waals surface area contributed by atoms with Gasteiger partial charge in [-0.15, -0.1) is 0 Å². The first kappa shape index (κ1) is 19.0. The summed E-state index contributed by atoms with van der Waals surface area (Å²) < 4.78 is 52.4. The Morgan fingerprint density at radius 1 is 1.32 bits per heavy atom. The van der Waals surface area contributed by atoms with Gasteiger partial charge in [0.05, 0.1) is 12.4 Å². The Bertz CT molecular complexity index is 471. The van der Waals surface area contributed by atoms with E-state index in [9.17, 15) is 27.8 Å². The summed E-state index contributed by atoms with van der Waals surface area (Å²) in [5.74, 6) is -0.573. The van der Waals surface area contributed by atoms with Gasteiger partial charge in [-0.2, -0.15) is 8.42 Å². The second-order valence-corrected chi connectivity index (χ2v) is 6.19. The largest absolute Gasteiger partial charge is 0.416 e. The van der Waals surface area contributed by atoms with Gasteiger partial charge in [0.2, 0.25) is 6.29 Å². The normalized spacial score (nSPS) is 32.5. The first-order chi connectivity index (χ1) is 10.2. The van der Waals surface area contributed by atoms with Gasteiger partial charge in [-0.3, -0.25) is 4.55 Å². The SMILES string of the molecule is O=C(NCCCS(=O)(=O)O)OC1O[C@H](CO)[C@@H](O)[C@H](O)[C@H]1F. The van der Waals surface area contributed by atoms with Crippen molar-refractivity contribution in [3.05, 3.63) is 0 Å². The lowest BCUT2D eigenvalue weighted by Crippen LogP contribution is -2.58. The Hall–Kier alpha value is -1.05. The zero-order chi connectivity index (χ0) is 16.9. The first-order valence-electron chi connectivity index (χ1n) is 6.32. The summed E-state index contributed by atoms with van der Waals surface area (Å²) in [6.45, 7) is -0.891. The van der Waals surface area contributed by atoms with Crippen LogP contribution in [0.4, 0.5) is 9.18 Å². The molecule has 1 fully saturated rings. The highest BCUT2D eigenvalue weighted by Gasteiger charge is 2.46. The molecule has 5 N–H and O–H groups in total. The van der Waals surface area contributed by atoms with Crippen LogP contribution >= 0.6 is 0 Å². The lowest BCUT2D eigenvalue weighted by Gasteiger charge is -2.37. The average Bonchev–Trinajstić information content (AvgIpc) is 2.43. The minimum atomic E-state index is -4.15. The van der Waals surface area contributed by atoms with E-state index in [-0.39, 0.29) is 13.0 Å². The summed E-state index contributed by atoms with van der Waals surface area (Å²) in [6.07, 6.45) is -10.2. The molecule has 0 radical (unpaired) electrons. The minimum absolute atomic E-state index is 0.0981. The van der Waals surface area contributed by atoms with E-state index in [1.54, 1.807) is 0 Å². The van der Waals surface area contributed by atoms with E-state index in [0.29, 0.717) is 0 Å². The zero-order valence-corrected chi connectivity index (χ0v) is 12.1. The number of carbonyl (C=O) groups excluding carboxylic acids is 1. The van der Waals surface area contributed by atoms with Crippen molar-refractivity contribution in [3.63, 3.8) is 0 Å². The molecule has 0 aromatic heterocycles. The molecule has 0 aromatic rings. The Labute approximate surface area is 125 Å². The number of hydrogen-bond acceptors (Lipinski definition) is 8. The van der Waals surface area contributed by atoms with Crippen LogP contribution in [0.3, 0.4) is 0 Å². The molecule has 1 saturated heterocycles. The van der Waals surface area contributed by atoms with Crippen LogP contribution in [-0.4, -0.2) is 84.1 Å². The van der Waals surface area contributed by atoms with Crippen molar-refractivity contribution in [2.75, 3.05) is 18.9 Å². The van der Waals surface area contributed by atoms with Gasteiger partial charge in [0.15, 0.2) is 6.17 Å². The number of rotatable bonds is 6. The molecule has 1 aliphatic heterocycles. The summed E-state index contributed by atoms with van der Waals surface area (Å²) in [5.41, 5.74) is 0. The molecule has 0 spiro atoms. The van der Waals surface area contributed by atoms with E-state index < -0.39 is 59.3 Å². The molecule has 0 aromatic carbocycles. The number of alkyl halides is 1. The summed E-state index contributed by atoms with van der Waals surface area (Å²) in [4.78, 5) is 11.4. The molecule has 0 bridgehead atoms. The van der Waals surface area contributed by atoms with Crippen molar-refractivity contribution in [2.24, 2.45) is 0 Å². The average molecular weight is 347 g/mol. The summed E-state index contributed by atoms with van der Waals surface area (Å²) in [5, 5.41) is 29.8. The molecule has 1 heterocycles. The van der Waals surface area contributed by atoms with E-state index in [1.165, 1.54) is 0 Å². The topological polar surface area (TPSA) is 163 Å². The van der Waals surface area contributed by atoms with Gasteiger partial charge < -0.3 is 30.1 Å². The molecule has 12 heteroatoms. The molecule has 1 aliphatic rings. The third kappa shape index (κ3) is 5.62. The van der Waals surface area contributed by atoms with Crippen LogP contribution < -0.4 is 5.32 Å². The smallest absolute Gasteiger partial charge is 0.409 e. The third-order valence-electron chi connectivity index (χ3n) is 2.88. The van der Waals surface area contributed by atoms with Gasteiger partial charge >= 0.3 is 6.09 Å². The van der Waals surface area contributed by atoms with Gasteiger partial charge in [0.25, 0.3) is 10.1 Å². The lowest BCUT2D eigenvalue weighted by molar-refractivity contribution is -0.269. The highest BCUT2D eigenvalue weighted by atomic mass is 32.2. The van der Waals surface area contributed by atoms with Crippen LogP contribution in [0.1, 0.15) is 6.42 Å². The van der Waals surface area contributed by atoms with E-state index in [1.807, 2.05) is 0 Å². The van der Waals surface area contributed by atoms with E-state index in [2.05, 4.69) is 10.1 Å². The number of ether oxygens (including phenoxy) is 2. The number of hydrogen-bond donors (Lipinski definition) is 5. The fraction of sp³-hybridized carbons (Fsp3) is 0.900. The standard InChI is InChI=1S/C10H18FNO9S/c11-6-8(15)7(14)5(4-13)20-9(6)21-10(16)12-2-1-3-22(17,18)19/h5-9,13-15H,1-4H2,(H,12,16)(H,17,18,19)/t5-,6-,7-,8-,9?/m1/s1. The maximum atomic E-state index is 13.7. The van der Waals surface area contributed by atoms with E-state index in [4.69, 9.17) is 14.4 Å². The first-order valence-corrected chi connectivity index (χ1v) is 7.93. The van der Waals surface area contributed by atoms with Gasteiger partial charge in [-0.1, -0.05) is 0 Å². The molecule has 1 amide bonds. The maximum absolute atomic E-state index is 13.7. The second kappa shape index (κ2) is 7.99. The molecule has 130 valence electrons. The summed E-state index contributed by atoms with van der Waals surface area (Å²) in [7, 11) is -4.15. The van der Waals surface area contributed by atoms with Crippen molar-refractivity contribution in [1.29, 1.82) is 0 Å². The summed E-state index contributed by atoms with van der Waals surface area (Å²) in [6, 6.07) is 0. The number of halogens is 1. The minimum Gasteiger partial charge on any atom is -0.416 e. The number of alkyl carbamates (subject to hydrolysis) is 1. The van der Waals surface area contributed by atoms with Crippen LogP contribution in [0.15, 0.2) is 0 Å². The van der Waals surface area contributed by atoms with Crippen molar-refractivity contribution >= 4 is 16.2 Å². The van der Waals surface area contributed by atoms with Crippen molar-refractivity contribution in [3.8, 4) is 0 Å². The predicted octanol–water partition coefficient (Wildman–Crippen LogP) is -2.23. The molecule has 1 rings (SSSR count). The third-order valence-corrected chi connectivity index (χ3v) is 3.68. The van der Waals surface area contributed by atoms with Gasteiger partial charge in [-0.05, 0) is 6.42 Å². The van der Waals surface area contributed by atoms with Gasteiger partial charge in [0.1, 0.15) is 18.3 Å². The Kier molecular flexibility index (Phi) is 6.90. The molecular formula is C10H18FNO9S. The molecule has 22 heavy (non-hydrogen) atoms. The number of aliphatic hydroxyl groups is 3. The number of aliphatic hydroxyl groups excluding tert-OH is 3. The molecule has 0 saturated carbocycles. The lowest BCUT2D eigenvalue weighted by atomic mass is 10.0. The monoisotopic (exact) mass is 347 g/mol. The van der Waals surface area contributed by atoms with E-state index >= 15 is 0 Å². The van der Waals surface area contributed by atoms with Crippen LogP contribution in [0.2, 0.25) is 0 Å². The van der Waals surface area contributed by atoms with Crippen LogP contribution in [0.5, 0.6) is 0 Å².